The first-order valence-electron chi connectivity index (χ1n) is 8.31. The highest BCUT2D eigenvalue weighted by Crippen LogP contribution is 2.35. The van der Waals surface area contributed by atoms with Gasteiger partial charge >= 0.3 is 0 Å². The number of rotatable bonds is 3. The SMILES string of the molecule is O=c1[nH]c2cc3c(cc2cc1CNc1cccc2ncccc12)OCO3. The highest BCUT2D eigenvalue weighted by atomic mass is 16.7. The van der Waals surface area contributed by atoms with E-state index in [0.29, 0.717) is 23.6 Å². The van der Waals surface area contributed by atoms with Crippen molar-refractivity contribution in [2.24, 2.45) is 0 Å². The average Bonchev–Trinajstić information content (AvgIpc) is 3.12. The topological polar surface area (TPSA) is 76.2 Å². The molecule has 3 heterocycles. The number of aromatic amines is 1. The van der Waals surface area contributed by atoms with Crippen molar-refractivity contribution in [1.29, 1.82) is 0 Å². The summed E-state index contributed by atoms with van der Waals surface area (Å²) in [6, 6.07) is 15.4. The molecule has 0 spiro atoms. The number of nitrogens with one attached hydrogen (secondary N) is 2. The molecule has 1 aliphatic rings. The van der Waals surface area contributed by atoms with E-state index in [0.717, 1.165) is 27.5 Å². The maximum Gasteiger partial charge on any atom is 0.253 e. The lowest BCUT2D eigenvalue weighted by atomic mass is 10.1. The Morgan fingerprint density at radius 1 is 1.08 bits per heavy atom. The van der Waals surface area contributed by atoms with Gasteiger partial charge in [-0.1, -0.05) is 6.07 Å². The second-order valence-corrected chi connectivity index (χ2v) is 6.15. The molecule has 0 radical (unpaired) electrons. The minimum atomic E-state index is -0.123. The smallest absolute Gasteiger partial charge is 0.253 e. The van der Waals surface area contributed by atoms with Crippen LogP contribution in [0.15, 0.2) is 59.5 Å². The van der Waals surface area contributed by atoms with Gasteiger partial charge in [-0.2, -0.15) is 0 Å². The standard InChI is InChI=1S/C20H15N3O3/c24-20-13(7-12-8-18-19(26-11-25-18)9-17(12)23-20)10-22-16-5-1-4-15-14(16)3-2-6-21-15/h1-9,22H,10-11H2,(H,23,24). The van der Waals surface area contributed by atoms with E-state index < -0.39 is 0 Å². The van der Waals surface area contributed by atoms with Crippen molar-refractivity contribution in [1.82, 2.24) is 9.97 Å². The van der Waals surface area contributed by atoms with Crippen molar-refractivity contribution in [3.05, 3.63) is 70.6 Å². The molecule has 0 saturated carbocycles. The first kappa shape index (κ1) is 14.8. The summed E-state index contributed by atoms with van der Waals surface area (Å²) in [5, 5.41) is 5.28. The van der Waals surface area contributed by atoms with Crippen LogP contribution in [-0.4, -0.2) is 16.8 Å². The van der Waals surface area contributed by atoms with Gasteiger partial charge in [0.05, 0.1) is 11.0 Å². The summed E-state index contributed by atoms with van der Waals surface area (Å²) in [5.74, 6) is 1.35. The molecule has 0 fully saturated rings. The van der Waals surface area contributed by atoms with E-state index in [4.69, 9.17) is 9.47 Å². The Kier molecular flexibility index (Phi) is 3.28. The van der Waals surface area contributed by atoms with Crippen LogP contribution in [0.25, 0.3) is 21.8 Å². The van der Waals surface area contributed by atoms with Gasteiger partial charge in [0, 0.05) is 40.8 Å². The summed E-state index contributed by atoms with van der Waals surface area (Å²) in [6.45, 7) is 0.618. The van der Waals surface area contributed by atoms with E-state index in [2.05, 4.69) is 15.3 Å². The number of benzene rings is 2. The number of hydrogen-bond acceptors (Lipinski definition) is 5. The third kappa shape index (κ3) is 2.43. The minimum absolute atomic E-state index is 0.123. The summed E-state index contributed by atoms with van der Waals surface area (Å²) in [4.78, 5) is 19.7. The highest BCUT2D eigenvalue weighted by molar-refractivity contribution is 5.91. The fourth-order valence-electron chi connectivity index (χ4n) is 3.22. The van der Waals surface area contributed by atoms with Gasteiger partial charge in [-0.3, -0.25) is 9.78 Å². The first-order chi connectivity index (χ1) is 12.8. The van der Waals surface area contributed by atoms with Crippen LogP contribution in [0.3, 0.4) is 0 Å². The zero-order chi connectivity index (χ0) is 17.5. The number of ether oxygens (including phenoxy) is 2. The van der Waals surface area contributed by atoms with Crippen LogP contribution in [-0.2, 0) is 6.54 Å². The number of nitrogens with zero attached hydrogens (tertiary/aromatic N) is 1. The number of fused-ring (bicyclic) bond motifs is 3. The number of H-pyrrole nitrogens is 1. The predicted molar refractivity (Wildman–Crippen MR) is 99.8 cm³/mol. The number of anilines is 1. The third-order valence-corrected chi connectivity index (χ3v) is 4.53. The summed E-state index contributed by atoms with van der Waals surface area (Å²) in [6.07, 6.45) is 1.77. The molecule has 26 heavy (non-hydrogen) atoms. The lowest BCUT2D eigenvalue weighted by molar-refractivity contribution is 0.174. The van der Waals surface area contributed by atoms with E-state index >= 15 is 0 Å². The van der Waals surface area contributed by atoms with Gasteiger partial charge < -0.3 is 19.8 Å². The van der Waals surface area contributed by atoms with Crippen molar-refractivity contribution in [3.63, 3.8) is 0 Å². The molecule has 2 N–H and O–H groups in total. The van der Waals surface area contributed by atoms with Crippen molar-refractivity contribution >= 4 is 27.5 Å². The van der Waals surface area contributed by atoms with Crippen LogP contribution < -0.4 is 20.3 Å². The largest absolute Gasteiger partial charge is 0.454 e. The summed E-state index contributed by atoms with van der Waals surface area (Å²) in [7, 11) is 0. The lowest BCUT2D eigenvalue weighted by Crippen LogP contribution is -2.15. The summed E-state index contributed by atoms with van der Waals surface area (Å²) >= 11 is 0. The molecule has 5 rings (SSSR count). The van der Waals surface area contributed by atoms with Gasteiger partial charge in [0.2, 0.25) is 6.79 Å². The maximum atomic E-state index is 12.4. The molecule has 0 aliphatic carbocycles. The van der Waals surface area contributed by atoms with Crippen molar-refractivity contribution < 1.29 is 9.47 Å². The minimum Gasteiger partial charge on any atom is -0.454 e. The zero-order valence-corrected chi connectivity index (χ0v) is 13.8. The molecule has 2 aromatic heterocycles. The predicted octanol–water partition coefficient (Wildman–Crippen LogP) is 3.42. The number of hydrogen-bond donors (Lipinski definition) is 2. The van der Waals surface area contributed by atoms with Gasteiger partial charge in [0.15, 0.2) is 11.5 Å². The molecule has 0 saturated heterocycles. The fraction of sp³-hybridized carbons (Fsp3) is 0.100. The van der Waals surface area contributed by atoms with Gasteiger partial charge in [-0.05, 0) is 36.4 Å². The second-order valence-electron chi connectivity index (χ2n) is 6.15. The molecule has 0 atom stereocenters. The van der Waals surface area contributed by atoms with Gasteiger partial charge in [-0.25, -0.2) is 0 Å². The Bertz CT molecular complexity index is 1190. The maximum absolute atomic E-state index is 12.4. The van der Waals surface area contributed by atoms with Gasteiger partial charge in [0.1, 0.15) is 0 Å². The van der Waals surface area contributed by atoms with E-state index in [1.54, 1.807) is 12.3 Å². The van der Waals surface area contributed by atoms with Gasteiger partial charge in [-0.15, -0.1) is 0 Å². The Hall–Kier alpha value is -3.54. The van der Waals surface area contributed by atoms with Crippen LogP contribution in [0, 0.1) is 0 Å². The van der Waals surface area contributed by atoms with Crippen LogP contribution >= 0.6 is 0 Å². The third-order valence-electron chi connectivity index (χ3n) is 4.53. The van der Waals surface area contributed by atoms with Crippen LogP contribution in [0.5, 0.6) is 11.5 Å². The molecule has 1 aliphatic heterocycles. The molecule has 6 heteroatoms. The molecular formula is C20H15N3O3. The Morgan fingerprint density at radius 3 is 2.88 bits per heavy atom. The Morgan fingerprint density at radius 2 is 1.96 bits per heavy atom. The first-order valence-corrected chi connectivity index (χ1v) is 8.31. The highest BCUT2D eigenvalue weighted by Gasteiger charge is 2.15. The van der Waals surface area contributed by atoms with E-state index in [-0.39, 0.29) is 12.4 Å². The average molecular weight is 345 g/mol. The molecule has 0 unspecified atom stereocenters. The molecule has 2 aromatic carbocycles. The van der Waals surface area contributed by atoms with Crippen molar-refractivity contribution in [2.75, 3.05) is 12.1 Å². The van der Waals surface area contributed by atoms with Crippen LogP contribution in [0.4, 0.5) is 5.69 Å². The zero-order valence-electron chi connectivity index (χ0n) is 13.8. The number of aromatic nitrogens is 2. The van der Waals surface area contributed by atoms with E-state index in [9.17, 15) is 4.79 Å². The lowest BCUT2D eigenvalue weighted by Gasteiger charge is -2.10. The Balaban J connectivity index is 1.50. The quantitative estimate of drug-likeness (QED) is 0.595. The summed E-state index contributed by atoms with van der Waals surface area (Å²) in [5.41, 5.74) is 3.12. The van der Waals surface area contributed by atoms with E-state index in [1.165, 1.54) is 0 Å². The number of pyridine rings is 2. The van der Waals surface area contributed by atoms with Crippen LogP contribution in [0.2, 0.25) is 0 Å². The monoisotopic (exact) mass is 345 g/mol. The molecular weight excluding hydrogens is 330 g/mol. The fourth-order valence-corrected chi connectivity index (χ4v) is 3.22. The normalized spacial score (nSPS) is 12.6. The molecule has 0 bridgehead atoms. The Labute approximate surface area is 148 Å². The molecule has 6 nitrogen and oxygen atoms in total. The molecule has 4 aromatic rings. The van der Waals surface area contributed by atoms with Crippen LogP contribution in [0.1, 0.15) is 5.56 Å². The van der Waals surface area contributed by atoms with Crippen molar-refractivity contribution in [2.45, 2.75) is 6.54 Å². The molecule has 128 valence electrons. The second kappa shape index (κ2) is 5.77. The van der Waals surface area contributed by atoms with Gasteiger partial charge in [0.25, 0.3) is 5.56 Å². The molecule has 0 amide bonds. The summed E-state index contributed by atoms with van der Waals surface area (Å²) < 4.78 is 10.8. The van der Waals surface area contributed by atoms with E-state index in [1.807, 2.05) is 42.5 Å². The van der Waals surface area contributed by atoms with Crippen molar-refractivity contribution in [3.8, 4) is 11.5 Å².